The number of nitrogens with zero attached hydrogens (tertiary/aromatic N) is 2. The maximum Gasteiger partial charge on any atom is 0.244 e. The topological polar surface area (TPSA) is 86.8 Å². The number of rotatable bonds is 13. The van der Waals surface area contributed by atoms with Gasteiger partial charge in [0.2, 0.25) is 21.8 Å². The van der Waals surface area contributed by atoms with Crippen LogP contribution in [0.4, 0.5) is 5.69 Å². The van der Waals surface area contributed by atoms with Gasteiger partial charge in [-0.3, -0.25) is 13.9 Å². The molecule has 2 amide bonds. The summed E-state index contributed by atoms with van der Waals surface area (Å²) in [7, 11) is -3.76. The van der Waals surface area contributed by atoms with Gasteiger partial charge in [0.25, 0.3) is 0 Å². The Balaban J connectivity index is 1.37. The van der Waals surface area contributed by atoms with Gasteiger partial charge < -0.3 is 10.2 Å². The molecule has 0 unspecified atom stereocenters. The number of anilines is 1. The first-order valence-corrected chi connectivity index (χ1v) is 18.0. The van der Waals surface area contributed by atoms with Crippen LogP contribution < -0.4 is 9.62 Å². The monoisotopic (exact) mass is 607 g/mol. The van der Waals surface area contributed by atoms with E-state index in [1.807, 2.05) is 63.2 Å². The van der Waals surface area contributed by atoms with Crippen molar-refractivity contribution in [2.75, 3.05) is 30.2 Å². The Morgan fingerprint density at radius 1 is 0.930 bits per heavy atom. The Kier molecular flexibility index (Phi) is 9.55. The molecule has 7 nitrogen and oxygen atoms in total. The summed E-state index contributed by atoms with van der Waals surface area (Å²) in [6, 6.07) is 17.1. The summed E-state index contributed by atoms with van der Waals surface area (Å²) in [5.74, 6) is 2.16. The smallest absolute Gasteiger partial charge is 0.244 e. The molecule has 0 heterocycles. The number of amides is 2. The molecule has 1 N–H and O–H groups in total. The molecule has 43 heavy (non-hydrogen) atoms. The minimum atomic E-state index is -3.76. The van der Waals surface area contributed by atoms with E-state index in [0.717, 1.165) is 29.6 Å². The molecule has 0 spiro atoms. The third-order valence-corrected chi connectivity index (χ3v) is 11.2. The second kappa shape index (κ2) is 13.0. The van der Waals surface area contributed by atoms with Crippen molar-refractivity contribution in [3.63, 3.8) is 0 Å². The maximum absolute atomic E-state index is 14.0. The lowest BCUT2D eigenvalue weighted by atomic mass is 9.48. The van der Waals surface area contributed by atoms with E-state index in [1.54, 1.807) is 4.90 Å². The Labute approximate surface area is 258 Å². The molecule has 4 fully saturated rings. The SMILES string of the molecule is CC[C@H](C(=O)NCC(C)C)N(CCc1ccccc1)C(=O)CN(c1ccc(C23CC4CC(CC(C4)C2)C3)cc1)S(C)(=O)=O. The first-order valence-electron chi connectivity index (χ1n) is 16.2. The molecule has 234 valence electrons. The third kappa shape index (κ3) is 7.27. The van der Waals surface area contributed by atoms with Crippen LogP contribution in [-0.2, 0) is 31.4 Å². The summed E-state index contributed by atoms with van der Waals surface area (Å²) in [6.07, 6.45) is 9.97. The highest BCUT2D eigenvalue weighted by atomic mass is 32.2. The Morgan fingerprint density at radius 2 is 1.51 bits per heavy atom. The van der Waals surface area contributed by atoms with E-state index >= 15 is 0 Å². The molecule has 0 aromatic heterocycles. The molecule has 4 aliphatic carbocycles. The van der Waals surface area contributed by atoms with Crippen molar-refractivity contribution in [1.82, 2.24) is 10.2 Å². The average molecular weight is 608 g/mol. The highest BCUT2D eigenvalue weighted by molar-refractivity contribution is 7.92. The molecule has 4 saturated carbocycles. The van der Waals surface area contributed by atoms with Gasteiger partial charge in [-0.05, 0) is 104 Å². The van der Waals surface area contributed by atoms with Crippen LogP contribution in [0.5, 0.6) is 0 Å². The van der Waals surface area contributed by atoms with E-state index in [0.29, 0.717) is 31.6 Å². The molecule has 0 aliphatic heterocycles. The summed E-state index contributed by atoms with van der Waals surface area (Å²) < 4.78 is 27.4. The van der Waals surface area contributed by atoms with Crippen molar-refractivity contribution in [2.24, 2.45) is 23.7 Å². The van der Waals surface area contributed by atoms with E-state index < -0.39 is 16.1 Å². The summed E-state index contributed by atoms with van der Waals surface area (Å²) in [5.41, 5.74) is 3.07. The van der Waals surface area contributed by atoms with Gasteiger partial charge in [-0.2, -0.15) is 0 Å². The number of hydrogen-bond acceptors (Lipinski definition) is 4. The van der Waals surface area contributed by atoms with Crippen molar-refractivity contribution in [1.29, 1.82) is 0 Å². The molecule has 6 rings (SSSR count). The molecule has 1 atom stereocenters. The van der Waals surface area contributed by atoms with Crippen molar-refractivity contribution >= 4 is 27.5 Å². The Bertz CT molecular complexity index is 1340. The lowest BCUT2D eigenvalue weighted by Gasteiger charge is -2.57. The van der Waals surface area contributed by atoms with Crippen molar-refractivity contribution in [2.45, 2.75) is 83.6 Å². The summed E-state index contributed by atoms with van der Waals surface area (Å²) in [5, 5.41) is 2.98. The molecule has 4 bridgehead atoms. The number of hydrogen-bond donors (Lipinski definition) is 1. The lowest BCUT2D eigenvalue weighted by molar-refractivity contribution is -0.139. The zero-order valence-corrected chi connectivity index (χ0v) is 27.1. The Hall–Kier alpha value is -2.87. The van der Waals surface area contributed by atoms with Crippen LogP contribution in [0.3, 0.4) is 0 Å². The van der Waals surface area contributed by atoms with E-state index in [1.165, 1.54) is 48.4 Å². The largest absolute Gasteiger partial charge is 0.354 e. The van der Waals surface area contributed by atoms with Crippen LogP contribution in [0.15, 0.2) is 54.6 Å². The van der Waals surface area contributed by atoms with Crippen LogP contribution in [-0.4, -0.2) is 57.1 Å². The minimum Gasteiger partial charge on any atom is -0.354 e. The number of carbonyl (C=O) groups excluding carboxylic acids is 2. The van der Waals surface area contributed by atoms with E-state index in [2.05, 4.69) is 17.4 Å². The fraction of sp³-hybridized carbons (Fsp3) is 0.600. The third-order valence-electron chi connectivity index (χ3n) is 10.0. The average Bonchev–Trinajstić information content (AvgIpc) is 2.96. The highest BCUT2D eigenvalue weighted by Crippen LogP contribution is 2.60. The van der Waals surface area contributed by atoms with Gasteiger partial charge in [-0.15, -0.1) is 0 Å². The van der Waals surface area contributed by atoms with Gasteiger partial charge in [0.05, 0.1) is 11.9 Å². The quantitative estimate of drug-likeness (QED) is 0.324. The van der Waals surface area contributed by atoms with Crippen LogP contribution in [0.2, 0.25) is 0 Å². The first-order chi connectivity index (χ1) is 20.5. The summed E-state index contributed by atoms with van der Waals surface area (Å²) in [4.78, 5) is 28.8. The van der Waals surface area contributed by atoms with Gasteiger partial charge in [-0.1, -0.05) is 63.2 Å². The molecule has 0 saturated heterocycles. The zero-order chi connectivity index (χ0) is 30.8. The van der Waals surface area contributed by atoms with Gasteiger partial charge >= 0.3 is 0 Å². The molecule has 4 aliphatic rings. The Morgan fingerprint density at radius 3 is 2.02 bits per heavy atom. The van der Waals surface area contributed by atoms with Crippen molar-refractivity contribution in [3.05, 3.63) is 65.7 Å². The lowest BCUT2D eigenvalue weighted by Crippen LogP contribution is -2.53. The van der Waals surface area contributed by atoms with Crippen LogP contribution in [0.1, 0.15) is 76.8 Å². The number of carbonyl (C=O) groups is 2. The molecular formula is C35H49N3O4S. The van der Waals surface area contributed by atoms with Crippen molar-refractivity contribution in [3.8, 4) is 0 Å². The standard InChI is InChI=1S/C35H49N3O4S/c1-5-32(34(40)36-23-25(2)3)37(16-15-26-9-7-6-8-10-26)33(39)24-38(43(4,41)42)31-13-11-30(12-14-31)35-20-27-17-28(21-35)19-29(18-27)22-35/h6-14,25,27-29,32H,5,15-24H2,1-4H3,(H,36,40)/t27?,28?,29?,32-,35?/m1/s1. The fourth-order valence-electron chi connectivity index (χ4n) is 8.38. The van der Waals surface area contributed by atoms with Gasteiger partial charge in [-0.25, -0.2) is 8.42 Å². The van der Waals surface area contributed by atoms with Crippen LogP contribution in [0.25, 0.3) is 0 Å². The predicted molar refractivity (Wildman–Crippen MR) is 172 cm³/mol. The predicted octanol–water partition coefficient (Wildman–Crippen LogP) is 5.54. The first kappa shape index (κ1) is 31.6. The molecule has 0 radical (unpaired) electrons. The summed E-state index contributed by atoms with van der Waals surface area (Å²) >= 11 is 0. The van der Waals surface area contributed by atoms with E-state index in [4.69, 9.17) is 0 Å². The van der Waals surface area contributed by atoms with Gasteiger partial charge in [0.15, 0.2) is 0 Å². The van der Waals surface area contributed by atoms with Gasteiger partial charge in [0, 0.05) is 13.1 Å². The van der Waals surface area contributed by atoms with Crippen molar-refractivity contribution < 1.29 is 18.0 Å². The number of benzene rings is 2. The highest BCUT2D eigenvalue weighted by Gasteiger charge is 2.51. The number of nitrogens with one attached hydrogen (secondary N) is 1. The second-order valence-corrected chi connectivity index (χ2v) is 15.8. The van der Waals surface area contributed by atoms with Gasteiger partial charge in [0.1, 0.15) is 12.6 Å². The number of sulfonamides is 1. The van der Waals surface area contributed by atoms with E-state index in [9.17, 15) is 18.0 Å². The fourth-order valence-corrected chi connectivity index (χ4v) is 9.23. The van der Waals surface area contributed by atoms with E-state index in [-0.39, 0.29) is 29.7 Å². The molecular weight excluding hydrogens is 558 g/mol. The van der Waals surface area contributed by atoms with Crippen LogP contribution >= 0.6 is 0 Å². The second-order valence-electron chi connectivity index (χ2n) is 13.9. The summed E-state index contributed by atoms with van der Waals surface area (Å²) in [6.45, 7) is 6.43. The maximum atomic E-state index is 14.0. The normalized spacial score (nSPS) is 25.0. The zero-order valence-electron chi connectivity index (χ0n) is 26.3. The van der Waals surface area contributed by atoms with Crippen LogP contribution in [0, 0.1) is 23.7 Å². The molecule has 8 heteroatoms. The minimum absolute atomic E-state index is 0.205. The molecule has 2 aromatic rings. The molecule has 2 aromatic carbocycles.